The molecule has 0 saturated carbocycles. The number of hydrogen-bond donors (Lipinski definition) is 0. The molecule has 0 radical (unpaired) electrons. The summed E-state index contributed by atoms with van der Waals surface area (Å²) in [4.78, 5) is 23.6. The number of nitriles is 1. The van der Waals surface area contributed by atoms with Gasteiger partial charge in [0.15, 0.2) is 0 Å². The van der Waals surface area contributed by atoms with E-state index in [4.69, 9.17) is 14.7 Å². The van der Waals surface area contributed by atoms with Crippen LogP contribution in [0.3, 0.4) is 0 Å². The zero-order valence-electron chi connectivity index (χ0n) is 11.2. The van der Waals surface area contributed by atoms with Crippen molar-refractivity contribution in [1.29, 1.82) is 5.26 Å². The Balaban J connectivity index is 2.86. The molecule has 1 rings (SSSR count). The normalized spacial score (nSPS) is 11.7. The summed E-state index contributed by atoms with van der Waals surface area (Å²) in [5.41, 5.74) is 0.113. The first-order chi connectivity index (χ1) is 8.99. The number of methoxy groups -OCH3 is 1. The van der Waals surface area contributed by atoms with E-state index in [1.54, 1.807) is 26.0 Å². The number of esters is 1. The van der Waals surface area contributed by atoms with Gasteiger partial charge in [-0.2, -0.15) is 5.26 Å². The molecule has 0 fully saturated rings. The summed E-state index contributed by atoms with van der Waals surface area (Å²) in [6, 6.07) is 4.85. The molecule has 1 aromatic rings. The fourth-order valence-corrected chi connectivity index (χ4v) is 1.61. The molecular weight excluding hydrogens is 248 g/mol. The second-order valence-electron chi connectivity index (χ2n) is 4.15. The minimum absolute atomic E-state index is 0.00309. The molecule has 0 spiro atoms. The van der Waals surface area contributed by atoms with Crippen molar-refractivity contribution in [3.05, 3.63) is 33.7 Å². The zero-order valence-corrected chi connectivity index (χ0v) is 11.2. The molecule has 1 unspecified atom stereocenters. The first-order valence-corrected chi connectivity index (χ1v) is 5.78. The van der Waals surface area contributed by atoms with Gasteiger partial charge < -0.3 is 14.0 Å². The van der Waals surface area contributed by atoms with Gasteiger partial charge in [0.1, 0.15) is 24.3 Å². The zero-order chi connectivity index (χ0) is 14.4. The molecule has 0 N–H and O–H groups in total. The fourth-order valence-electron chi connectivity index (χ4n) is 1.61. The predicted octanol–water partition coefficient (Wildman–Crippen LogP) is 0.607. The minimum atomic E-state index is -0.537. The van der Waals surface area contributed by atoms with E-state index in [1.165, 1.54) is 17.7 Å². The molecule has 19 heavy (non-hydrogen) atoms. The Labute approximate surface area is 111 Å². The van der Waals surface area contributed by atoms with Crippen LogP contribution in [-0.4, -0.2) is 30.4 Å². The predicted molar refractivity (Wildman–Crippen MR) is 67.6 cm³/mol. The second-order valence-corrected chi connectivity index (χ2v) is 4.15. The minimum Gasteiger partial charge on any atom is -0.459 e. The van der Waals surface area contributed by atoms with E-state index >= 15 is 0 Å². The molecule has 0 aromatic carbocycles. The van der Waals surface area contributed by atoms with E-state index in [0.29, 0.717) is 5.69 Å². The van der Waals surface area contributed by atoms with Gasteiger partial charge in [-0.25, -0.2) is 0 Å². The SMILES string of the molecule is COCC(C)OC(=O)Cn1c(C)ccc(C#N)c1=O. The summed E-state index contributed by atoms with van der Waals surface area (Å²) in [5.74, 6) is -0.537. The third kappa shape index (κ3) is 3.93. The first kappa shape index (κ1) is 14.9. The van der Waals surface area contributed by atoms with Crippen LogP contribution in [-0.2, 0) is 20.8 Å². The summed E-state index contributed by atoms with van der Waals surface area (Å²) in [7, 11) is 1.51. The van der Waals surface area contributed by atoms with Crippen molar-refractivity contribution in [2.24, 2.45) is 0 Å². The van der Waals surface area contributed by atoms with Gasteiger partial charge in [0.05, 0.1) is 6.61 Å². The van der Waals surface area contributed by atoms with Gasteiger partial charge in [-0.3, -0.25) is 9.59 Å². The summed E-state index contributed by atoms with van der Waals surface area (Å²) in [5, 5.41) is 8.79. The van der Waals surface area contributed by atoms with Crippen molar-refractivity contribution in [1.82, 2.24) is 4.57 Å². The van der Waals surface area contributed by atoms with Crippen molar-refractivity contribution in [2.45, 2.75) is 26.5 Å². The Hall–Kier alpha value is -2.13. The van der Waals surface area contributed by atoms with Crippen LogP contribution in [0.5, 0.6) is 0 Å². The van der Waals surface area contributed by atoms with E-state index in [0.717, 1.165) is 0 Å². The molecule has 0 aliphatic carbocycles. The van der Waals surface area contributed by atoms with E-state index in [1.807, 2.05) is 0 Å². The number of ether oxygens (including phenoxy) is 2. The van der Waals surface area contributed by atoms with Gasteiger partial charge in [0.25, 0.3) is 5.56 Å². The number of aryl methyl sites for hydroxylation is 1. The summed E-state index contributed by atoms with van der Waals surface area (Å²) in [6.45, 7) is 3.46. The average Bonchev–Trinajstić information content (AvgIpc) is 2.35. The number of rotatable bonds is 5. The lowest BCUT2D eigenvalue weighted by Crippen LogP contribution is -2.30. The number of hydrogen-bond acceptors (Lipinski definition) is 5. The van der Waals surface area contributed by atoms with Gasteiger partial charge >= 0.3 is 5.97 Å². The molecule has 1 heterocycles. The van der Waals surface area contributed by atoms with Gasteiger partial charge in [-0.15, -0.1) is 0 Å². The molecule has 6 heteroatoms. The number of nitrogens with zero attached hydrogens (tertiary/aromatic N) is 2. The first-order valence-electron chi connectivity index (χ1n) is 5.78. The van der Waals surface area contributed by atoms with Crippen LogP contribution in [0, 0.1) is 18.3 Å². The second kappa shape index (κ2) is 6.71. The van der Waals surface area contributed by atoms with Crippen LogP contribution < -0.4 is 5.56 Å². The highest BCUT2D eigenvalue weighted by Crippen LogP contribution is 2.00. The molecule has 6 nitrogen and oxygen atoms in total. The Bertz CT molecular complexity index is 557. The molecule has 102 valence electrons. The van der Waals surface area contributed by atoms with Crippen molar-refractivity contribution in [3.8, 4) is 6.07 Å². The van der Waals surface area contributed by atoms with Crippen LogP contribution in [0.25, 0.3) is 0 Å². The number of carbonyl (C=O) groups is 1. The Kier molecular flexibility index (Phi) is 5.27. The topological polar surface area (TPSA) is 81.3 Å². The maximum absolute atomic E-state index is 11.9. The highest BCUT2D eigenvalue weighted by molar-refractivity contribution is 5.69. The lowest BCUT2D eigenvalue weighted by molar-refractivity contribution is -0.151. The highest BCUT2D eigenvalue weighted by atomic mass is 16.6. The van der Waals surface area contributed by atoms with E-state index in [2.05, 4.69) is 0 Å². The Morgan fingerprint density at radius 1 is 1.53 bits per heavy atom. The molecule has 0 aliphatic rings. The lowest BCUT2D eigenvalue weighted by atomic mass is 10.2. The van der Waals surface area contributed by atoms with Crippen molar-refractivity contribution >= 4 is 5.97 Å². The Morgan fingerprint density at radius 3 is 2.79 bits per heavy atom. The standard InChI is InChI=1S/C13H16N2O4/c1-9-4-5-11(6-14)13(17)15(9)7-12(16)19-10(2)8-18-3/h4-5,10H,7-8H2,1-3H3. The molecule has 0 aliphatic heterocycles. The molecular formula is C13H16N2O4. The Morgan fingerprint density at radius 2 is 2.21 bits per heavy atom. The number of pyridine rings is 1. The summed E-state index contributed by atoms with van der Waals surface area (Å²) >= 11 is 0. The fraction of sp³-hybridized carbons (Fsp3) is 0.462. The lowest BCUT2D eigenvalue weighted by Gasteiger charge is -2.14. The van der Waals surface area contributed by atoms with Crippen LogP contribution >= 0.6 is 0 Å². The summed E-state index contributed by atoms with van der Waals surface area (Å²) < 4.78 is 11.1. The average molecular weight is 264 g/mol. The van der Waals surface area contributed by atoms with Crippen molar-refractivity contribution < 1.29 is 14.3 Å². The molecule has 0 amide bonds. The van der Waals surface area contributed by atoms with Crippen molar-refractivity contribution in [3.63, 3.8) is 0 Å². The van der Waals surface area contributed by atoms with E-state index < -0.39 is 11.5 Å². The van der Waals surface area contributed by atoms with E-state index in [-0.39, 0.29) is 24.8 Å². The number of aromatic nitrogens is 1. The maximum atomic E-state index is 11.9. The van der Waals surface area contributed by atoms with Crippen molar-refractivity contribution in [2.75, 3.05) is 13.7 Å². The van der Waals surface area contributed by atoms with Gasteiger partial charge in [-0.05, 0) is 26.0 Å². The highest BCUT2D eigenvalue weighted by Gasteiger charge is 2.13. The van der Waals surface area contributed by atoms with Crippen LogP contribution in [0.2, 0.25) is 0 Å². The summed E-state index contributed by atoms with van der Waals surface area (Å²) in [6.07, 6.45) is -0.382. The molecule has 0 bridgehead atoms. The molecule has 0 saturated heterocycles. The van der Waals surface area contributed by atoms with Gasteiger partial charge in [0, 0.05) is 12.8 Å². The van der Waals surface area contributed by atoms with Gasteiger partial charge in [-0.1, -0.05) is 0 Å². The third-order valence-corrected chi connectivity index (χ3v) is 2.53. The van der Waals surface area contributed by atoms with Crippen LogP contribution in [0.15, 0.2) is 16.9 Å². The number of carbonyl (C=O) groups excluding carboxylic acids is 1. The maximum Gasteiger partial charge on any atom is 0.326 e. The smallest absolute Gasteiger partial charge is 0.326 e. The monoisotopic (exact) mass is 264 g/mol. The third-order valence-electron chi connectivity index (χ3n) is 2.53. The van der Waals surface area contributed by atoms with Crippen LogP contribution in [0.1, 0.15) is 18.2 Å². The quantitative estimate of drug-likeness (QED) is 0.728. The van der Waals surface area contributed by atoms with Crippen LogP contribution in [0.4, 0.5) is 0 Å². The molecule has 1 aromatic heterocycles. The van der Waals surface area contributed by atoms with Gasteiger partial charge in [0.2, 0.25) is 0 Å². The largest absolute Gasteiger partial charge is 0.459 e. The molecule has 1 atom stereocenters. The van der Waals surface area contributed by atoms with E-state index in [9.17, 15) is 9.59 Å².